The van der Waals surface area contributed by atoms with E-state index in [1.165, 1.54) is 12.3 Å². The molecule has 6 rings (SSSR count). The van der Waals surface area contributed by atoms with Crippen molar-refractivity contribution in [2.24, 2.45) is 7.05 Å². The molecule has 4 heterocycles. The normalized spacial score (nSPS) is 17.7. The van der Waals surface area contributed by atoms with Crippen molar-refractivity contribution in [1.29, 1.82) is 0 Å². The molecule has 1 saturated heterocycles. The summed E-state index contributed by atoms with van der Waals surface area (Å²) in [6.07, 6.45) is 5.09. The van der Waals surface area contributed by atoms with E-state index in [-0.39, 0.29) is 6.61 Å². The van der Waals surface area contributed by atoms with E-state index in [2.05, 4.69) is 15.7 Å². The molecule has 1 fully saturated rings. The molecule has 3 aromatic heterocycles. The Kier molecular flexibility index (Phi) is 7.78. The molecule has 2 amide bonds. The van der Waals surface area contributed by atoms with E-state index in [9.17, 15) is 18.7 Å². The number of aromatic nitrogens is 4. The van der Waals surface area contributed by atoms with Crippen LogP contribution < -0.4 is 10.6 Å². The van der Waals surface area contributed by atoms with Gasteiger partial charge in [0, 0.05) is 43.4 Å². The maximum Gasteiger partial charge on any atom is 0.320 e. The number of rotatable bonds is 8. The van der Waals surface area contributed by atoms with Crippen molar-refractivity contribution in [3.05, 3.63) is 108 Å². The van der Waals surface area contributed by atoms with E-state index >= 15 is 0 Å². The first-order valence-corrected chi connectivity index (χ1v) is 13.9. The minimum atomic E-state index is -0.964. The van der Waals surface area contributed by atoms with Crippen molar-refractivity contribution in [3.63, 3.8) is 0 Å². The van der Waals surface area contributed by atoms with E-state index in [4.69, 9.17) is 9.52 Å². The fraction of sp³-hybridized carbons (Fsp3) is 0.258. The van der Waals surface area contributed by atoms with Gasteiger partial charge in [-0.25, -0.2) is 18.3 Å². The molecule has 10 nitrogen and oxygen atoms in total. The van der Waals surface area contributed by atoms with Gasteiger partial charge in [0.05, 0.1) is 36.8 Å². The Hall–Kier alpha value is -4.81. The number of hydrogen-bond donors (Lipinski definition) is 3. The Morgan fingerprint density at radius 1 is 1.12 bits per heavy atom. The number of aliphatic hydroxyl groups excluding tert-OH is 1. The zero-order valence-corrected chi connectivity index (χ0v) is 23.6. The number of aryl methyl sites for hydroxylation is 1. The lowest BCUT2D eigenvalue weighted by Gasteiger charge is -2.24. The number of hydrogen-bond acceptors (Lipinski definition) is 6. The summed E-state index contributed by atoms with van der Waals surface area (Å²) < 4.78 is 37.0. The molecular formula is C31H31F2N7O3. The largest absolute Gasteiger partial charge is 0.468 e. The van der Waals surface area contributed by atoms with Gasteiger partial charge in [0.2, 0.25) is 0 Å². The van der Waals surface area contributed by atoms with Gasteiger partial charge in [0.25, 0.3) is 0 Å². The van der Waals surface area contributed by atoms with Crippen molar-refractivity contribution in [2.45, 2.75) is 24.9 Å². The van der Waals surface area contributed by atoms with Crippen LogP contribution in [0.1, 0.15) is 28.8 Å². The summed E-state index contributed by atoms with van der Waals surface area (Å²) in [5.41, 5.74) is 3.51. The number of benzene rings is 2. The number of para-hydroxylation sites is 1. The first-order chi connectivity index (χ1) is 20.8. The van der Waals surface area contributed by atoms with Crippen molar-refractivity contribution in [2.75, 3.05) is 25.0 Å². The highest BCUT2D eigenvalue weighted by atomic mass is 19.2. The van der Waals surface area contributed by atoms with E-state index < -0.39 is 35.7 Å². The van der Waals surface area contributed by atoms with Crippen molar-refractivity contribution >= 4 is 11.8 Å². The topological polar surface area (TPSA) is 113 Å². The summed E-state index contributed by atoms with van der Waals surface area (Å²) in [6.45, 7) is 2.36. The standard InChI is InChI=1S/C31H31F2N7O3/c1-19-29(21-14-34-38(2)15-21)37-40(22-7-4-3-5-8-22)30(19)36-31(42)35-26-17-39(27(18-41)28-9-6-12-43-28)16-23(26)20-10-11-24(32)25(33)13-20/h3-15,23,26-27,41H,16-18H2,1-2H3,(H2,35,36,42)/t23-,26+,27?/m0/s1. The maximum atomic E-state index is 14.3. The highest BCUT2D eigenvalue weighted by Crippen LogP contribution is 2.35. The van der Waals surface area contributed by atoms with Gasteiger partial charge in [-0.2, -0.15) is 10.2 Å². The highest BCUT2D eigenvalue weighted by Gasteiger charge is 2.39. The third-order valence-corrected chi connectivity index (χ3v) is 7.85. The number of aliphatic hydroxyl groups is 1. The van der Waals surface area contributed by atoms with Gasteiger partial charge in [0.1, 0.15) is 17.3 Å². The molecular weight excluding hydrogens is 556 g/mol. The van der Waals surface area contributed by atoms with Crippen LogP contribution in [0.3, 0.4) is 0 Å². The third kappa shape index (κ3) is 5.66. The molecule has 1 aliphatic rings. The first-order valence-electron chi connectivity index (χ1n) is 13.9. The molecule has 0 radical (unpaired) electrons. The van der Waals surface area contributed by atoms with Gasteiger partial charge in [0.15, 0.2) is 11.6 Å². The number of carbonyl (C=O) groups excluding carboxylic acids is 1. The van der Waals surface area contributed by atoms with Gasteiger partial charge >= 0.3 is 6.03 Å². The zero-order valence-electron chi connectivity index (χ0n) is 23.6. The van der Waals surface area contributed by atoms with Gasteiger partial charge in [-0.3, -0.25) is 14.9 Å². The lowest BCUT2D eigenvalue weighted by atomic mass is 9.94. The first kappa shape index (κ1) is 28.3. The predicted octanol–water partition coefficient (Wildman–Crippen LogP) is 4.78. The molecule has 43 heavy (non-hydrogen) atoms. The Bertz CT molecular complexity index is 1720. The van der Waals surface area contributed by atoms with Gasteiger partial charge in [-0.1, -0.05) is 24.3 Å². The summed E-state index contributed by atoms with van der Waals surface area (Å²) in [4.78, 5) is 15.6. The van der Waals surface area contributed by atoms with Crippen LogP contribution in [0.25, 0.3) is 16.9 Å². The van der Waals surface area contributed by atoms with Crippen LogP contribution in [0.2, 0.25) is 0 Å². The molecule has 0 bridgehead atoms. The van der Waals surface area contributed by atoms with E-state index in [0.29, 0.717) is 35.9 Å². The number of urea groups is 1. The minimum Gasteiger partial charge on any atom is -0.468 e. The number of nitrogens with one attached hydrogen (secondary N) is 2. The van der Waals surface area contributed by atoms with Crippen molar-refractivity contribution in [1.82, 2.24) is 29.8 Å². The van der Waals surface area contributed by atoms with Crippen molar-refractivity contribution < 1.29 is 23.1 Å². The fourth-order valence-electron chi connectivity index (χ4n) is 5.71. The van der Waals surface area contributed by atoms with Crippen LogP contribution in [0.4, 0.5) is 19.4 Å². The second-order valence-electron chi connectivity index (χ2n) is 10.6. The Labute approximate surface area is 246 Å². The maximum absolute atomic E-state index is 14.3. The number of carbonyl (C=O) groups is 1. The molecule has 12 heteroatoms. The molecule has 1 unspecified atom stereocenters. The number of amides is 2. The van der Waals surface area contributed by atoms with Crippen molar-refractivity contribution in [3.8, 4) is 16.9 Å². The Morgan fingerprint density at radius 2 is 1.93 bits per heavy atom. The van der Waals surface area contributed by atoms with Crippen LogP contribution in [0.5, 0.6) is 0 Å². The SMILES string of the molecule is Cc1c(-c2cnn(C)c2)nn(-c2ccccc2)c1NC(=O)N[C@@H]1CN(C(CO)c2ccco2)C[C@H]1c1ccc(F)c(F)c1. The van der Waals surface area contributed by atoms with Crippen LogP contribution in [-0.4, -0.2) is 61.3 Å². The molecule has 3 N–H and O–H groups in total. The summed E-state index contributed by atoms with van der Waals surface area (Å²) in [7, 11) is 1.82. The predicted molar refractivity (Wildman–Crippen MR) is 156 cm³/mol. The number of furan rings is 1. The second-order valence-corrected chi connectivity index (χ2v) is 10.6. The Morgan fingerprint density at radius 3 is 2.60 bits per heavy atom. The van der Waals surface area contributed by atoms with Gasteiger partial charge in [-0.05, 0) is 48.9 Å². The van der Waals surface area contributed by atoms with E-state index in [1.54, 1.807) is 27.7 Å². The smallest absolute Gasteiger partial charge is 0.320 e. The van der Waals surface area contributed by atoms with Crippen LogP contribution >= 0.6 is 0 Å². The number of halogens is 2. The monoisotopic (exact) mass is 587 g/mol. The summed E-state index contributed by atoms with van der Waals surface area (Å²) in [6, 6.07) is 15.3. The summed E-state index contributed by atoms with van der Waals surface area (Å²) >= 11 is 0. The molecule has 0 aliphatic carbocycles. The number of likely N-dealkylation sites (tertiary alicyclic amines) is 1. The third-order valence-electron chi connectivity index (χ3n) is 7.85. The van der Waals surface area contributed by atoms with Crippen LogP contribution in [0.15, 0.2) is 83.7 Å². The second kappa shape index (κ2) is 11.8. The van der Waals surface area contributed by atoms with Crippen LogP contribution in [-0.2, 0) is 7.05 Å². The highest BCUT2D eigenvalue weighted by molar-refractivity contribution is 5.91. The van der Waals surface area contributed by atoms with Gasteiger partial charge < -0.3 is 14.8 Å². The molecule has 0 saturated carbocycles. The quantitative estimate of drug-likeness (QED) is 0.241. The minimum absolute atomic E-state index is 0.219. The fourth-order valence-corrected chi connectivity index (χ4v) is 5.71. The number of anilines is 1. The van der Waals surface area contributed by atoms with E-state index in [0.717, 1.165) is 28.9 Å². The summed E-state index contributed by atoms with van der Waals surface area (Å²) in [5.74, 6) is -1.25. The molecule has 222 valence electrons. The summed E-state index contributed by atoms with van der Waals surface area (Å²) in [5, 5.41) is 25.3. The average Bonchev–Trinajstić information content (AvgIpc) is 3.81. The van der Waals surface area contributed by atoms with Gasteiger partial charge in [-0.15, -0.1) is 0 Å². The van der Waals surface area contributed by atoms with Crippen LogP contribution in [0, 0.1) is 18.6 Å². The lowest BCUT2D eigenvalue weighted by molar-refractivity contribution is 0.126. The molecule has 0 spiro atoms. The zero-order chi connectivity index (χ0) is 30.1. The molecule has 1 aliphatic heterocycles. The molecule has 5 aromatic rings. The van der Waals surface area contributed by atoms with E-state index in [1.807, 2.05) is 55.4 Å². The lowest BCUT2D eigenvalue weighted by Crippen LogP contribution is -2.43. The average molecular weight is 588 g/mol. The molecule has 2 aromatic carbocycles. The Balaban J connectivity index is 1.30. The molecule has 3 atom stereocenters. The number of nitrogens with zero attached hydrogens (tertiary/aromatic N) is 5.